The summed E-state index contributed by atoms with van der Waals surface area (Å²) in [6.45, 7) is 5.56. The van der Waals surface area contributed by atoms with Crippen molar-refractivity contribution in [1.29, 1.82) is 0 Å². The summed E-state index contributed by atoms with van der Waals surface area (Å²) < 4.78 is 5.50. The molecule has 1 amide bonds. The average Bonchev–Trinajstić information content (AvgIpc) is 2.73. The largest absolute Gasteiger partial charge is 0.444 e. The van der Waals surface area contributed by atoms with Crippen LogP contribution in [0.1, 0.15) is 32.8 Å². The van der Waals surface area contributed by atoms with Crippen LogP contribution in [-0.2, 0) is 10.3 Å². The highest BCUT2D eigenvalue weighted by Gasteiger charge is 2.81. The van der Waals surface area contributed by atoms with Crippen LogP contribution in [0.4, 0.5) is 4.79 Å². The summed E-state index contributed by atoms with van der Waals surface area (Å²) in [5, 5.41) is 11.7. The van der Waals surface area contributed by atoms with Gasteiger partial charge < -0.3 is 9.84 Å². The molecule has 4 aliphatic rings. The molecule has 0 radical (unpaired) electrons. The lowest BCUT2D eigenvalue weighted by atomic mass is 9.88. The van der Waals surface area contributed by atoms with Crippen molar-refractivity contribution in [1.82, 2.24) is 9.88 Å². The standard InChI is InChI=1S/C16H19ClN2O3/c1-15(2,3)22-14(20)19-10-6-9-12(13(9)19)16(10,21)8-4-5-11(17)18-7-8/h4-5,7,9-10,12-13,21H,6H2,1-3H3/t9?,10-,12?,13+,16?/m1/s1. The minimum Gasteiger partial charge on any atom is -0.444 e. The van der Waals surface area contributed by atoms with E-state index >= 15 is 0 Å². The van der Waals surface area contributed by atoms with Crippen molar-refractivity contribution >= 4 is 17.7 Å². The third-order valence-electron chi connectivity index (χ3n) is 5.09. The van der Waals surface area contributed by atoms with Crippen LogP contribution < -0.4 is 0 Å². The molecule has 2 aliphatic carbocycles. The summed E-state index contributed by atoms with van der Waals surface area (Å²) in [4.78, 5) is 18.3. The van der Waals surface area contributed by atoms with Gasteiger partial charge in [0.2, 0.25) is 0 Å². The lowest BCUT2D eigenvalue weighted by Crippen LogP contribution is -2.45. The quantitative estimate of drug-likeness (QED) is 0.807. The molecule has 4 bridgehead atoms. The van der Waals surface area contributed by atoms with E-state index in [1.165, 1.54) is 0 Å². The summed E-state index contributed by atoms with van der Waals surface area (Å²) in [5.74, 6) is 0.464. The molecule has 1 aromatic heterocycles. The molecule has 3 unspecified atom stereocenters. The molecule has 6 heteroatoms. The molecule has 2 aliphatic heterocycles. The number of piperidine rings is 2. The molecule has 0 spiro atoms. The third kappa shape index (κ3) is 1.75. The first-order valence-corrected chi connectivity index (χ1v) is 7.97. The van der Waals surface area contributed by atoms with Crippen molar-refractivity contribution in [2.24, 2.45) is 11.8 Å². The summed E-state index contributed by atoms with van der Waals surface area (Å²) in [5.41, 5.74) is -0.818. The minimum absolute atomic E-state index is 0.0907. The van der Waals surface area contributed by atoms with Crippen LogP contribution >= 0.6 is 11.6 Å². The molecule has 1 N–H and O–H groups in total. The SMILES string of the molecule is CC(C)(C)OC(=O)N1[C@H]2C3C[C@@H]1C(O)(c1ccc(Cl)nc1)C32. The molecule has 5 rings (SSSR count). The number of pyridine rings is 1. The predicted octanol–water partition coefficient (Wildman–Crippen LogP) is 2.56. The fraction of sp³-hybridized carbons (Fsp3) is 0.625. The van der Waals surface area contributed by atoms with Crippen molar-refractivity contribution in [3.63, 3.8) is 0 Å². The van der Waals surface area contributed by atoms with Crippen LogP contribution in [0.3, 0.4) is 0 Å². The molecule has 3 heterocycles. The van der Waals surface area contributed by atoms with Gasteiger partial charge in [-0.1, -0.05) is 17.7 Å². The van der Waals surface area contributed by atoms with Crippen LogP contribution in [-0.4, -0.2) is 38.8 Å². The molecule has 22 heavy (non-hydrogen) atoms. The minimum atomic E-state index is -1.02. The summed E-state index contributed by atoms with van der Waals surface area (Å²) in [6.07, 6.45) is 2.12. The normalized spacial score (nSPS) is 38.3. The zero-order valence-electron chi connectivity index (χ0n) is 12.8. The Labute approximate surface area is 134 Å². The predicted molar refractivity (Wildman–Crippen MR) is 80.4 cm³/mol. The highest BCUT2D eigenvalue weighted by Crippen LogP contribution is 2.71. The van der Waals surface area contributed by atoms with E-state index in [0.29, 0.717) is 11.1 Å². The maximum Gasteiger partial charge on any atom is 0.410 e. The maximum absolute atomic E-state index is 12.5. The van der Waals surface area contributed by atoms with Crippen molar-refractivity contribution in [2.75, 3.05) is 0 Å². The third-order valence-corrected chi connectivity index (χ3v) is 5.31. The van der Waals surface area contributed by atoms with Gasteiger partial charge in [-0.05, 0) is 39.2 Å². The van der Waals surface area contributed by atoms with Crippen LogP contribution in [0.15, 0.2) is 18.3 Å². The molecular formula is C16H19ClN2O3. The molecule has 0 aromatic carbocycles. The smallest absolute Gasteiger partial charge is 0.410 e. The highest BCUT2D eigenvalue weighted by atomic mass is 35.5. The molecule has 5 nitrogen and oxygen atoms in total. The average molecular weight is 323 g/mol. The second kappa shape index (κ2) is 4.15. The van der Waals surface area contributed by atoms with Crippen LogP contribution in [0.25, 0.3) is 0 Å². The fourth-order valence-electron chi connectivity index (χ4n) is 4.36. The molecule has 5 atom stereocenters. The Morgan fingerprint density at radius 2 is 2.23 bits per heavy atom. The van der Waals surface area contributed by atoms with Gasteiger partial charge in [0.1, 0.15) is 16.4 Å². The Morgan fingerprint density at radius 1 is 1.50 bits per heavy atom. The Kier molecular flexibility index (Phi) is 2.69. The molecule has 4 fully saturated rings. The highest BCUT2D eigenvalue weighted by molar-refractivity contribution is 6.29. The first-order valence-electron chi connectivity index (χ1n) is 7.59. The van der Waals surface area contributed by atoms with E-state index in [4.69, 9.17) is 16.3 Å². The van der Waals surface area contributed by atoms with Gasteiger partial charge in [-0.15, -0.1) is 0 Å². The lowest BCUT2D eigenvalue weighted by molar-refractivity contribution is -0.0185. The van der Waals surface area contributed by atoms with Gasteiger partial charge in [-0.3, -0.25) is 4.90 Å². The Hall–Kier alpha value is -1.33. The van der Waals surface area contributed by atoms with Crippen molar-refractivity contribution in [3.05, 3.63) is 29.0 Å². The van der Waals surface area contributed by atoms with Gasteiger partial charge in [0.15, 0.2) is 0 Å². The van der Waals surface area contributed by atoms with E-state index in [0.717, 1.165) is 12.0 Å². The zero-order chi connectivity index (χ0) is 15.9. The van der Waals surface area contributed by atoms with E-state index in [1.807, 2.05) is 20.8 Å². The Bertz CT molecular complexity index is 642. The number of aliphatic hydroxyl groups is 1. The number of carbonyl (C=O) groups excluding carboxylic acids is 1. The lowest BCUT2D eigenvalue weighted by Gasteiger charge is -2.32. The number of rotatable bonds is 1. The summed E-state index contributed by atoms with van der Waals surface area (Å²) in [7, 11) is 0. The number of amides is 1. The second-order valence-corrected chi connectivity index (χ2v) is 7.90. The van der Waals surface area contributed by atoms with Gasteiger partial charge >= 0.3 is 6.09 Å². The van der Waals surface area contributed by atoms with Crippen LogP contribution in [0, 0.1) is 11.8 Å². The van der Waals surface area contributed by atoms with Gasteiger partial charge in [-0.25, -0.2) is 9.78 Å². The Morgan fingerprint density at radius 3 is 2.77 bits per heavy atom. The van der Waals surface area contributed by atoms with Gasteiger partial charge in [0.25, 0.3) is 0 Å². The van der Waals surface area contributed by atoms with E-state index in [-0.39, 0.29) is 24.1 Å². The number of carbonyl (C=O) groups is 1. The molecular weight excluding hydrogens is 304 g/mol. The van der Waals surface area contributed by atoms with Crippen molar-refractivity contribution in [3.8, 4) is 0 Å². The zero-order valence-corrected chi connectivity index (χ0v) is 13.5. The first-order chi connectivity index (χ1) is 10.2. The van der Waals surface area contributed by atoms with Crippen molar-refractivity contribution < 1.29 is 14.6 Å². The number of halogens is 1. The number of nitrogens with zero attached hydrogens (tertiary/aromatic N) is 2. The fourth-order valence-corrected chi connectivity index (χ4v) is 4.47. The molecule has 118 valence electrons. The molecule has 2 saturated heterocycles. The number of ether oxygens (including phenoxy) is 1. The number of hydrogen-bond donors (Lipinski definition) is 1. The second-order valence-electron chi connectivity index (χ2n) is 7.51. The van der Waals surface area contributed by atoms with E-state index < -0.39 is 11.2 Å². The van der Waals surface area contributed by atoms with Crippen LogP contribution in [0.5, 0.6) is 0 Å². The number of aromatic nitrogens is 1. The summed E-state index contributed by atoms with van der Waals surface area (Å²) in [6, 6.07) is 3.35. The number of hydrogen-bond acceptors (Lipinski definition) is 4. The van der Waals surface area contributed by atoms with Crippen molar-refractivity contribution in [2.45, 2.75) is 50.5 Å². The van der Waals surface area contributed by atoms with Gasteiger partial charge in [0, 0.05) is 23.7 Å². The van der Waals surface area contributed by atoms with Gasteiger partial charge in [0.05, 0.1) is 6.04 Å². The first kappa shape index (κ1) is 14.3. The molecule has 2 saturated carbocycles. The Balaban J connectivity index is 1.64. The topological polar surface area (TPSA) is 62.7 Å². The van der Waals surface area contributed by atoms with Gasteiger partial charge in [-0.2, -0.15) is 0 Å². The maximum atomic E-state index is 12.5. The van der Waals surface area contributed by atoms with E-state index in [1.54, 1.807) is 23.2 Å². The van der Waals surface area contributed by atoms with Crippen LogP contribution in [0.2, 0.25) is 5.15 Å². The van der Waals surface area contributed by atoms with E-state index in [9.17, 15) is 9.90 Å². The summed E-state index contributed by atoms with van der Waals surface area (Å²) >= 11 is 5.83. The van der Waals surface area contributed by atoms with E-state index in [2.05, 4.69) is 4.98 Å². The monoisotopic (exact) mass is 322 g/mol. The molecule has 1 aromatic rings.